The average Bonchev–Trinajstić information content (AvgIpc) is 2.86. The molecule has 1 saturated heterocycles. The molecule has 1 amide bonds. The maximum absolute atomic E-state index is 13.1. The second-order valence-electron chi connectivity index (χ2n) is 7.60. The fraction of sp³-hybridized carbons (Fsp3) is 0.292. The molecule has 0 aromatic heterocycles. The third-order valence-corrected chi connectivity index (χ3v) is 8.54. The van der Waals surface area contributed by atoms with Crippen molar-refractivity contribution in [1.29, 1.82) is 0 Å². The summed E-state index contributed by atoms with van der Waals surface area (Å²) in [5, 5.41) is 2.31. The summed E-state index contributed by atoms with van der Waals surface area (Å²) < 4.78 is 38.0. The Balaban J connectivity index is 1.35. The topological polar surface area (TPSA) is 76.2 Å². The summed E-state index contributed by atoms with van der Waals surface area (Å²) >= 11 is 1.50. The Morgan fingerprint density at radius 3 is 2.27 bits per heavy atom. The Kier molecular flexibility index (Phi) is 7.11. The van der Waals surface area contributed by atoms with Crippen LogP contribution in [-0.2, 0) is 14.8 Å². The van der Waals surface area contributed by atoms with Crippen molar-refractivity contribution < 1.29 is 22.7 Å². The summed E-state index contributed by atoms with van der Waals surface area (Å²) in [6.07, 6.45) is 0. The molecular weight excluding hydrogens is 460 g/mol. The molecule has 9 heteroatoms. The summed E-state index contributed by atoms with van der Waals surface area (Å²) in [4.78, 5) is 15.6. The Morgan fingerprint density at radius 2 is 1.58 bits per heavy atom. The summed E-state index contributed by atoms with van der Waals surface area (Å²) in [6, 6.07) is 18.8. The van der Waals surface area contributed by atoms with Gasteiger partial charge in [0.1, 0.15) is 0 Å². The van der Waals surface area contributed by atoms with Gasteiger partial charge in [-0.1, -0.05) is 30.3 Å². The van der Waals surface area contributed by atoms with Crippen LogP contribution >= 0.6 is 11.8 Å². The van der Waals surface area contributed by atoms with Gasteiger partial charge in [0.25, 0.3) is 0 Å². The first-order valence-corrected chi connectivity index (χ1v) is 13.0. The third kappa shape index (κ3) is 5.10. The number of sulfonamides is 1. The van der Waals surface area contributed by atoms with Crippen LogP contribution in [-0.4, -0.2) is 69.7 Å². The van der Waals surface area contributed by atoms with Crippen molar-refractivity contribution in [2.45, 2.75) is 9.79 Å². The lowest BCUT2D eigenvalue weighted by Gasteiger charge is -2.34. The maximum atomic E-state index is 13.1. The number of nitrogens with zero attached hydrogens (tertiary/aromatic N) is 2. The zero-order valence-electron chi connectivity index (χ0n) is 18.6. The van der Waals surface area contributed by atoms with Gasteiger partial charge < -0.3 is 14.4 Å². The summed E-state index contributed by atoms with van der Waals surface area (Å²) in [7, 11) is -0.723. The van der Waals surface area contributed by atoms with E-state index < -0.39 is 10.0 Å². The zero-order chi connectivity index (χ0) is 23.4. The number of hydrogen-bond donors (Lipinski definition) is 0. The second kappa shape index (κ2) is 10.0. The van der Waals surface area contributed by atoms with E-state index >= 15 is 0 Å². The Morgan fingerprint density at radius 1 is 0.879 bits per heavy atom. The summed E-state index contributed by atoms with van der Waals surface area (Å²) in [6.45, 7) is 1.24. The maximum Gasteiger partial charge on any atom is 0.243 e. The number of amides is 1. The van der Waals surface area contributed by atoms with E-state index in [9.17, 15) is 13.2 Å². The number of methoxy groups -OCH3 is 2. The van der Waals surface area contributed by atoms with Gasteiger partial charge in [-0.15, -0.1) is 11.8 Å². The van der Waals surface area contributed by atoms with Gasteiger partial charge in [0.15, 0.2) is 11.5 Å². The van der Waals surface area contributed by atoms with E-state index in [0.717, 1.165) is 10.3 Å². The first-order valence-electron chi connectivity index (χ1n) is 10.5. The standard InChI is InChI=1S/C24H26N2O5S2/c1-30-22-10-9-21(16-23(22)31-2)33(28,29)26-13-11-25(12-14-26)24(27)17-32-20-8-7-18-5-3-4-6-19(18)15-20/h3-10,15-16H,11-14,17H2,1-2H3. The van der Waals surface area contributed by atoms with Gasteiger partial charge in [0.2, 0.25) is 15.9 Å². The molecule has 4 rings (SSSR count). The van der Waals surface area contributed by atoms with E-state index in [4.69, 9.17) is 9.47 Å². The molecule has 3 aromatic rings. The van der Waals surface area contributed by atoms with E-state index in [2.05, 4.69) is 24.3 Å². The van der Waals surface area contributed by atoms with Crippen LogP contribution in [0.1, 0.15) is 0 Å². The predicted molar refractivity (Wildman–Crippen MR) is 130 cm³/mol. The van der Waals surface area contributed by atoms with Crippen molar-refractivity contribution in [3.05, 3.63) is 60.7 Å². The fourth-order valence-corrected chi connectivity index (χ4v) is 6.08. The van der Waals surface area contributed by atoms with Gasteiger partial charge in [-0.2, -0.15) is 4.31 Å². The van der Waals surface area contributed by atoms with Crippen molar-refractivity contribution >= 4 is 38.5 Å². The lowest BCUT2D eigenvalue weighted by molar-refractivity contribution is -0.129. The minimum atomic E-state index is -3.69. The minimum Gasteiger partial charge on any atom is -0.493 e. The SMILES string of the molecule is COc1ccc(S(=O)(=O)N2CCN(C(=O)CSc3ccc4ccccc4c3)CC2)cc1OC. The van der Waals surface area contributed by atoms with Gasteiger partial charge in [-0.05, 0) is 35.0 Å². The van der Waals surface area contributed by atoms with E-state index in [1.54, 1.807) is 11.0 Å². The van der Waals surface area contributed by atoms with E-state index in [-0.39, 0.29) is 23.9 Å². The second-order valence-corrected chi connectivity index (χ2v) is 10.6. The van der Waals surface area contributed by atoms with Crippen LogP contribution in [0.4, 0.5) is 0 Å². The molecule has 0 saturated carbocycles. The quantitative estimate of drug-likeness (QED) is 0.476. The molecule has 0 unspecified atom stereocenters. The molecule has 0 bridgehead atoms. The van der Waals surface area contributed by atoms with Gasteiger partial charge in [-0.25, -0.2) is 8.42 Å². The van der Waals surface area contributed by atoms with Crippen LogP contribution < -0.4 is 9.47 Å². The summed E-state index contributed by atoms with van der Waals surface area (Å²) in [5.41, 5.74) is 0. The highest BCUT2D eigenvalue weighted by Crippen LogP contribution is 2.31. The van der Waals surface area contributed by atoms with Crippen molar-refractivity contribution in [1.82, 2.24) is 9.21 Å². The molecular formula is C24H26N2O5S2. The molecule has 0 atom stereocenters. The highest BCUT2D eigenvalue weighted by Gasteiger charge is 2.30. The third-order valence-electron chi connectivity index (χ3n) is 5.67. The van der Waals surface area contributed by atoms with Gasteiger partial charge in [0.05, 0.1) is 24.9 Å². The minimum absolute atomic E-state index is 0.0105. The number of carbonyl (C=O) groups is 1. The Labute approximate surface area is 198 Å². The molecule has 174 valence electrons. The Hall–Kier alpha value is -2.75. The van der Waals surface area contributed by atoms with Crippen molar-refractivity contribution in [3.8, 4) is 11.5 Å². The van der Waals surface area contributed by atoms with E-state index in [0.29, 0.717) is 30.3 Å². The number of thioether (sulfide) groups is 1. The zero-order valence-corrected chi connectivity index (χ0v) is 20.2. The molecule has 7 nitrogen and oxygen atoms in total. The van der Waals surface area contributed by atoms with Crippen LogP contribution in [0.3, 0.4) is 0 Å². The number of carbonyl (C=O) groups excluding carboxylic acids is 1. The van der Waals surface area contributed by atoms with Crippen LogP contribution in [0.25, 0.3) is 10.8 Å². The normalized spacial score (nSPS) is 14.9. The fourth-order valence-electron chi connectivity index (χ4n) is 3.80. The number of rotatable bonds is 7. The van der Waals surface area contributed by atoms with Gasteiger partial charge in [-0.3, -0.25) is 4.79 Å². The molecule has 1 aliphatic rings. The largest absolute Gasteiger partial charge is 0.493 e. The smallest absolute Gasteiger partial charge is 0.243 e. The lowest BCUT2D eigenvalue weighted by Crippen LogP contribution is -2.50. The molecule has 1 fully saturated rings. The average molecular weight is 487 g/mol. The van der Waals surface area contributed by atoms with Crippen LogP contribution in [0, 0.1) is 0 Å². The van der Waals surface area contributed by atoms with E-state index in [1.807, 2.05) is 18.2 Å². The van der Waals surface area contributed by atoms with Crippen LogP contribution in [0.15, 0.2) is 70.5 Å². The highest BCUT2D eigenvalue weighted by molar-refractivity contribution is 8.00. The van der Waals surface area contributed by atoms with Crippen molar-refractivity contribution in [3.63, 3.8) is 0 Å². The molecule has 1 heterocycles. The molecule has 0 N–H and O–H groups in total. The lowest BCUT2D eigenvalue weighted by atomic mass is 10.1. The number of ether oxygens (including phenoxy) is 2. The monoisotopic (exact) mass is 486 g/mol. The molecule has 0 spiro atoms. The van der Waals surface area contributed by atoms with Crippen molar-refractivity contribution in [2.75, 3.05) is 46.2 Å². The molecule has 1 aliphatic heterocycles. The first kappa shape index (κ1) is 23.4. The van der Waals surface area contributed by atoms with Gasteiger partial charge in [0, 0.05) is 37.1 Å². The Bertz CT molecular complexity index is 1250. The number of piperazine rings is 1. The van der Waals surface area contributed by atoms with Crippen LogP contribution in [0.5, 0.6) is 11.5 Å². The van der Waals surface area contributed by atoms with Crippen molar-refractivity contribution in [2.24, 2.45) is 0 Å². The highest BCUT2D eigenvalue weighted by atomic mass is 32.2. The molecule has 0 radical (unpaired) electrons. The number of fused-ring (bicyclic) bond motifs is 1. The van der Waals surface area contributed by atoms with E-state index in [1.165, 1.54) is 47.8 Å². The molecule has 33 heavy (non-hydrogen) atoms. The first-order chi connectivity index (χ1) is 15.9. The number of hydrogen-bond acceptors (Lipinski definition) is 6. The van der Waals surface area contributed by atoms with Gasteiger partial charge >= 0.3 is 0 Å². The molecule has 0 aliphatic carbocycles. The predicted octanol–water partition coefficient (Wildman–Crippen LogP) is 3.48. The molecule has 3 aromatic carbocycles. The van der Waals surface area contributed by atoms with Crippen LogP contribution in [0.2, 0.25) is 0 Å². The number of benzene rings is 3. The summed E-state index contributed by atoms with van der Waals surface area (Å²) in [5.74, 6) is 1.16.